The molecule has 8 heteroatoms. The fourth-order valence-electron chi connectivity index (χ4n) is 2.05. The van der Waals surface area contributed by atoms with E-state index in [1.165, 1.54) is 63.4 Å². The van der Waals surface area contributed by atoms with Crippen LogP contribution in [0.1, 0.15) is 24.2 Å². The predicted molar refractivity (Wildman–Crippen MR) is 91.6 cm³/mol. The van der Waals surface area contributed by atoms with Crippen LogP contribution in [-0.4, -0.2) is 27.2 Å². The SMILES string of the molecule is COc1ccc(S(=O)(=O)Oc2ccc(C(C)=O)cc2)cc1NC(C)=O. The third-order valence-electron chi connectivity index (χ3n) is 3.24. The lowest BCUT2D eigenvalue weighted by molar-refractivity contribution is -0.114. The van der Waals surface area contributed by atoms with Crippen molar-refractivity contribution in [2.45, 2.75) is 18.7 Å². The standard InChI is InChI=1S/C17H17NO6S/c1-11(19)13-4-6-14(7-5-13)24-25(21,22)15-8-9-17(23-3)16(10-15)18-12(2)20/h4-10H,1-3H3,(H,18,20). The van der Waals surface area contributed by atoms with Crippen LogP contribution in [0.15, 0.2) is 47.4 Å². The molecule has 0 saturated heterocycles. The summed E-state index contributed by atoms with van der Waals surface area (Å²) in [4.78, 5) is 22.3. The van der Waals surface area contributed by atoms with E-state index in [2.05, 4.69) is 5.32 Å². The third kappa shape index (κ3) is 4.57. The lowest BCUT2D eigenvalue weighted by Crippen LogP contribution is -2.12. The first-order valence-electron chi connectivity index (χ1n) is 7.24. The van der Waals surface area contributed by atoms with Gasteiger partial charge in [0.25, 0.3) is 0 Å². The van der Waals surface area contributed by atoms with Gasteiger partial charge in [-0.2, -0.15) is 8.42 Å². The van der Waals surface area contributed by atoms with Gasteiger partial charge < -0.3 is 14.2 Å². The number of rotatable bonds is 6. The lowest BCUT2D eigenvalue weighted by atomic mass is 10.1. The molecule has 0 saturated carbocycles. The summed E-state index contributed by atoms with van der Waals surface area (Å²) in [5.74, 6) is -0.111. The minimum Gasteiger partial charge on any atom is -0.495 e. The van der Waals surface area contributed by atoms with Gasteiger partial charge in [0.1, 0.15) is 16.4 Å². The minimum absolute atomic E-state index is 0.0712. The van der Waals surface area contributed by atoms with Gasteiger partial charge in [0, 0.05) is 12.5 Å². The highest BCUT2D eigenvalue weighted by atomic mass is 32.2. The fraction of sp³-hybridized carbons (Fsp3) is 0.176. The van der Waals surface area contributed by atoms with E-state index in [1.54, 1.807) is 0 Å². The van der Waals surface area contributed by atoms with Crippen LogP contribution in [-0.2, 0) is 14.9 Å². The highest BCUT2D eigenvalue weighted by Gasteiger charge is 2.19. The average molecular weight is 363 g/mol. The van der Waals surface area contributed by atoms with Crippen LogP contribution in [0.3, 0.4) is 0 Å². The number of hydrogen-bond acceptors (Lipinski definition) is 6. The Balaban J connectivity index is 2.32. The number of anilines is 1. The zero-order valence-electron chi connectivity index (χ0n) is 13.9. The number of methoxy groups -OCH3 is 1. The Kier molecular flexibility index (Phi) is 5.43. The van der Waals surface area contributed by atoms with Crippen LogP contribution in [0.25, 0.3) is 0 Å². The van der Waals surface area contributed by atoms with Crippen molar-refractivity contribution in [2.24, 2.45) is 0 Å². The first kappa shape index (κ1) is 18.5. The van der Waals surface area contributed by atoms with Crippen molar-refractivity contribution in [1.29, 1.82) is 0 Å². The molecule has 7 nitrogen and oxygen atoms in total. The summed E-state index contributed by atoms with van der Waals surface area (Å²) in [6.07, 6.45) is 0. The fourth-order valence-corrected chi connectivity index (χ4v) is 3.01. The van der Waals surface area contributed by atoms with Gasteiger partial charge in [-0.25, -0.2) is 0 Å². The van der Waals surface area contributed by atoms with Gasteiger partial charge in [-0.05, 0) is 49.4 Å². The van der Waals surface area contributed by atoms with E-state index in [0.29, 0.717) is 11.3 Å². The second-order valence-corrected chi connectivity index (χ2v) is 6.71. The Bertz CT molecular complexity index is 903. The smallest absolute Gasteiger partial charge is 0.339 e. The molecule has 1 N–H and O–H groups in total. The summed E-state index contributed by atoms with van der Waals surface area (Å²) in [7, 11) is -2.72. The molecular formula is C17H17NO6S. The molecule has 2 rings (SSSR count). The molecule has 2 aromatic rings. The largest absolute Gasteiger partial charge is 0.495 e. The quantitative estimate of drug-likeness (QED) is 0.626. The molecule has 0 unspecified atom stereocenters. The topological polar surface area (TPSA) is 98.8 Å². The monoisotopic (exact) mass is 363 g/mol. The number of ketones is 1. The van der Waals surface area contributed by atoms with Crippen molar-refractivity contribution in [2.75, 3.05) is 12.4 Å². The molecule has 0 fully saturated rings. The zero-order valence-corrected chi connectivity index (χ0v) is 14.7. The van der Waals surface area contributed by atoms with Crippen molar-refractivity contribution in [3.05, 3.63) is 48.0 Å². The van der Waals surface area contributed by atoms with Crippen LogP contribution in [0, 0.1) is 0 Å². The molecule has 2 aromatic carbocycles. The molecule has 1 amide bonds. The van der Waals surface area contributed by atoms with E-state index in [9.17, 15) is 18.0 Å². The molecule has 0 aromatic heterocycles. The van der Waals surface area contributed by atoms with E-state index in [0.717, 1.165) is 0 Å². The Morgan fingerprint density at radius 3 is 2.16 bits per heavy atom. The van der Waals surface area contributed by atoms with Gasteiger partial charge in [0.2, 0.25) is 5.91 Å². The summed E-state index contributed by atoms with van der Waals surface area (Å²) >= 11 is 0. The van der Waals surface area contributed by atoms with Crippen LogP contribution >= 0.6 is 0 Å². The minimum atomic E-state index is -4.12. The van der Waals surface area contributed by atoms with Crippen molar-refractivity contribution >= 4 is 27.5 Å². The van der Waals surface area contributed by atoms with Crippen molar-refractivity contribution in [3.63, 3.8) is 0 Å². The third-order valence-corrected chi connectivity index (χ3v) is 4.48. The highest BCUT2D eigenvalue weighted by Crippen LogP contribution is 2.29. The maximum absolute atomic E-state index is 12.4. The molecule has 0 aliphatic heterocycles. The Morgan fingerprint density at radius 1 is 1.00 bits per heavy atom. The molecule has 0 aliphatic rings. The van der Waals surface area contributed by atoms with Gasteiger partial charge in [0.05, 0.1) is 12.8 Å². The molecule has 0 aliphatic carbocycles. The number of hydrogen-bond donors (Lipinski definition) is 1. The van der Waals surface area contributed by atoms with Crippen molar-refractivity contribution in [3.8, 4) is 11.5 Å². The van der Waals surface area contributed by atoms with E-state index in [4.69, 9.17) is 8.92 Å². The second-order valence-electron chi connectivity index (χ2n) is 5.16. The maximum atomic E-state index is 12.4. The number of carbonyl (C=O) groups is 2. The van der Waals surface area contributed by atoms with Crippen molar-refractivity contribution in [1.82, 2.24) is 0 Å². The highest BCUT2D eigenvalue weighted by molar-refractivity contribution is 7.87. The number of carbonyl (C=O) groups excluding carboxylic acids is 2. The summed E-state index contributed by atoms with van der Waals surface area (Å²) < 4.78 is 35.0. The number of nitrogens with one attached hydrogen (secondary N) is 1. The van der Waals surface area contributed by atoms with Crippen molar-refractivity contribution < 1.29 is 26.9 Å². The van der Waals surface area contributed by atoms with Crippen LogP contribution in [0.5, 0.6) is 11.5 Å². The van der Waals surface area contributed by atoms with Crippen LogP contribution < -0.4 is 14.2 Å². The maximum Gasteiger partial charge on any atom is 0.339 e. The Hall–Kier alpha value is -2.87. The van der Waals surface area contributed by atoms with E-state index in [-0.39, 0.29) is 28.0 Å². The van der Waals surface area contributed by atoms with E-state index >= 15 is 0 Å². The van der Waals surface area contributed by atoms with Gasteiger partial charge >= 0.3 is 10.1 Å². The molecule has 0 radical (unpaired) electrons. The molecule has 0 spiro atoms. The number of ether oxygens (including phenoxy) is 1. The summed E-state index contributed by atoms with van der Waals surface area (Å²) in [5, 5.41) is 2.50. The predicted octanol–water partition coefficient (Wildman–Crippen LogP) is 2.62. The zero-order chi connectivity index (χ0) is 18.6. The first-order valence-corrected chi connectivity index (χ1v) is 8.65. The number of benzene rings is 2. The van der Waals surface area contributed by atoms with E-state index in [1.807, 2.05) is 0 Å². The summed E-state index contributed by atoms with van der Waals surface area (Å²) in [5.41, 5.74) is 0.661. The molecule has 0 atom stereocenters. The molecule has 0 bridgehead atoms. The van der Waals surface area contributed by atoms with E-state index < -0.39 is 10.1 Å². The van der Waals surface area contributed by atoms with Crippen LogP contribution in [0.4, 0.5) is 5.69 Å². The van der Waals surface area contributed by atoms with Crippen LogP contribution in [0.2, 0.25) is 0 Å². The first-order chi connectivity index (χ1) is 11.7. The van der Waals surface area contributed by atoms with Gasteiger partial charge in [-0.15, -0.1) is 0 Å². The Morgan fingerprint density at radius 2 is 1.64 bits per heavy atom. The number of Topliss-reactive ketones (excluding diaryl/α,β-unsaturated/α-hetero) is 1. The molecular weight excluding hydrogens is 346 g/mol. The van der Waals surface area contributed by atoms with Gasteiger partial charge in [-0.3, -0.25) is 9.59 Å². The lowest BCUT2D eigenvalue weighted by Gasteiger charge is -2.12. The normalized spacial score (nSPS) is 10.8. The Labute approximate surface area is 145 Å². The van der Waals surface area contributed by atoms with Gasteiger partial charge in [0.15, 0.2) is 5.78 Å². The van der Waals surface area contributed by atoms with Gasteiger partial charge in [-0.1, -0.05) is 0 Å². The number of amides is 1. The summed E-state index contributed by atoms with van der Waals surface area (Å²) in [6.45, 7) is 2.71. The second kappa shape index (κ2) is 7.35. The average Bonchev–Trinajstić information content (AvgIpc) is 2.54. The molecule has 0 heterocycles. The molecule has 132 valence electrons. The summed E-state index contributed by atoms with van der Waals surface area (Å²) in [6, 6.07) is 9.72. The molecule has 25 heavy (non-hydrogen) atoms.